The van der Waals surface area contributed by atoms with Crippen molar-refractivity contribution < 1.29 is 14.3 Å². The standard InChI is InChI=1S/C22H26N2O3/c1-15-22(25)23(12-18-8-9-20(26-2)11-21(18)27-3)14-19-10-16-6-4-5-7-17(16)13-24(15)19/h4-9,11,15,19H,10,12-14H2,1-3H3/t15?,19-/m1/s1. The zero-order valence-corrected chi connectivity index (χ0v) is 16.1. The monoisotopic (exact) mass is 366 g/mol. The molecule has 1 amide bonds. The van der Waals surface area contributed by atoms with Crippen molar-refractivity contribution in [2.24, 2.45) is 0 Å². The zero-order chi connectivity index (χ0) is 19.0. The number of ether oxygens (including phenoxy) is 2. The van der Waals surface area contributed by atoms with Crippen LogP contribution < -0.4 is 9.47 Å². The number of amides is 1. The van der Waals surface area contributed by atoms with Crippen molar-refractivity contribution >= 4 is 5.91 Å². The van der Waals surface area contributed by atoms with Crippen molar-refractivity contribution in [3.05, 3.63) is 59.2 Å². The van der Waals surface area contributed by atoms with Gasteiger partial charge in [0.1, 0.15) is 11.5 Å². The Morgan fingerprint density at radius 1 is 1.07 bits per heavy atom. The number of benzene rings is 2. The summed E-state index contributed by atoms with van der Waals surface area (Å²) in [4.78, 5) is 17.4. The molecule has 5 nitrogen and oxygen atoms in total. The second-order valence-electron chi connectivity index (χ2n) is 7.37. The number of fused-ring (bicyclic) bond motifs is 2. The quantitative estimate of drug-likeness (QED) is 0.834. The fraction of sp³-hybridized carbons (Fsp3) is 0.409. The number of hydrogen-bond donors (Lipinski definition) is 0. The highest BCUT2D eigenvalue weighted by Crippen LogP contribution is 2.31. The minimum absolute atomic E-state index is 0.110. The van der Waals surface area contributed by atoms with Gasteiger partial charge in [-0.3, -0.25) is 9.69 Å². The predicted molar refractivity (Wildman–Crippen MR) is 104 cm³/mol. The van der Waals surface area contributed by atoms with Gasteiger partial charge < -0.3 is 14.4 Å². The first-order valence-corrected chi connectivity index (χ1v) is 9.43. The Labute approximate surface area is 160 Å². The molecule has 27 heavy (non-hydrogen) atoms. The van der Waals surface area contributed by atoms with E-state index in [-0.39, 0.29) is 11.9 Å². The SMILES string of the molecule is COc1ccc(CN2C[C@H]3Cc4ccccc4CN3C(C)C2=O)c(OC)c1. The molecule has 0 spiro atoms. The molecule has 0 aliphatic carbocycles. The average Bonchev–Trinajstić information content (AvgIpc) is 2.71. The molecule has 1 saturated heterocycles. The van der Waals surface area contributed by atoms with Gasteiger partial charge in [-0.05, 0) is 36.6 Å². The van der Waals surface area contributed by atoms with Crippen LogP contribution >= 0.6 is 0 Å². The van der Waals surface area contributed by atoms with Crippen molar-refractivity contribution in [1.29, 1.82) is 0 Å². The number of methoxy groups -OCH3 is 2. The summed E-state index contributed by atoms with van der Waals surface area (Å²) in [6, 6.07) is 14.6. The first-order chi connectivity index (χ1) is 13.1. The van der Waals surface area contributed by atoms with E-state index in [1.807, 2.05) is 30.0 Å². The van der Waals surface area contributed by atoms with Gasteiger partial charge in [0.25, 0.3) is 0 Å². The van der Waals surface area contributed by atoms with E-state index in [9.17, 15) is 4.79 Å². The predicted octanol–water partition coefficient (Wildman–Crippen LogP) is 2.86. The lowest BCUT2D eigenvalue weighted by atomic mass is 9.90. The molecule has 1 unspecified atom stereocenters. The summed E-state index contributed by atoms with van der Waals surface area (Å²) in [6.45, 7) is 4.18. The first kappa shape index (κ1) is 17.9. The summed E-state index contributed by atoms with van der Waals surface area (Å²) in [5.74, 6) is 1.69. The van der Waals surface area contributed by atoms with Crippen LogP contribution in [0.25, 0.3) is 0 Å². The van der Waals surface area contributed by atoms with E-state index in [0.29, 0.717) is 12.6 Å². The van der Waals surface area contributed by atoms with Crippen LogP contribution in [0.15, 0.2) is 42.5 Å². The van der Waals surface area contributed by atoms with Gasteiger partial charge in [-0.2, -0.15) is 0 Å². The van der Waals surface area contributed by atoms with Gasteiger partial charge in [-0.1, -0.05) is 24.3 Å². The molecule has 2 aliphatic heterocycles. The highest BCUT2D eigenvalue weighted by molar-refractivity contribution is 5.82. The summed E-state index contributed by atoms with van der Waals surface area (Å²) < 4.78 is 10.8. The van der Waals surface area contributed by atoms with E-state index in [2.05, 4.69) is 29.2 Å². The molecule has 2 aromatic rings. The minimum Gasteiger partial charge on any atom is -0.497 e. The number of carbonyl (C=O) groups is 1. The van der Waals surface area contributed by atoms with Gasteiger partial charge in [0.2, 0.25) is 5.91 Å². The molecule has 0 bridgehead atoms. The van der Waals surface area contributed by atoms with Crippen LogP contribution in [0.4, 0.5) is 0 Å². The number of carbonyl (C=O) groups excluding carboxylic acids is 1. The van der Waals surface area contributed by atoms with Crippen LogP contribution in [0.3, 0.4) is 0 Å². The first-order valence-electron chi connectivity index (χ1n) is 9.43. The van der Waals surface area contributed by atoms with Crippen LogP contribution in [0, 0.1) is 0 Å². The van der Waals surface area contributed by atoms with Crippen molar-refractivity contribution in [2.75, 3.05) is 20.8 Å². The van der Waals surface area contributed by atoms with Crippen molar-refractivity contribution in [3.8, 4) is 11.5 Å². The highest BCUT2D eigenvalue weighted by Gasteiger charge is 2.40. The van der Waals surface area contributed by atoms with Gasteiger partial charge in [-0.15, -0.1) is 0 Å². The topological polar surface area (TPSA) is 42.0 Å². The lowest BCUT2D eigenvalue weighted by molar-refractivity contribution is -0.146. The van der Waals surface area contributed by atoms with E-state index in [1.54, 1.807) is 14.2 Å². The normalized spacial score (nSPS) is 22.2. The van der Waals surface area contributed by atoms with Crippen LogP contribution in [-0.2, 0) is 24.3 Å². The molecule has 0 saturated carbocycles. The van der Waals surface area contributed by atoms with E-state index in [4.69, 9.17) is 9.47 Å². The van der Waals surface area contributed by atoms with Crippen LogP contribution in [0.5, 0.6) is 11.5 Å². The highest BCUT2D eigenvalue weighted by atomic mass is 16.5. The second-order valence-corrected chi connectivity index (χ2v) is 7.37. The molecule has 5 heteroatoms. The number of nitrogens with zero attached hydrogens (tertiary/aromatic N) is 2. The summed E-state index contributed by atoms with van der Waals surface area (Å²) >= 11 is 0. The van der Waals surface area contributed by atoms with Crippen molar-refractivity contribution in [2.45, 2.75) is 38.5 Å². The second kappa shape index (κ2) is 7.24. The maximum atomic E-state index is 13.0. The minimum atomic E-state index is -0.110. The fourth-order valence-corrected chi connectivity index (χ4v) is 4.31. The van der Waals surface area contributed by atoms with Crippen molar-refractivity contribution in [3.63, 3.8) is 0 Å². The lowest BCUT2D eigenvalue weighted by Gasteiger charge is -2.47. The Morgan fingerprint density at radius 2 is 1.85 bits per heavy atom. The van der Waals surface area contributed by atoms with Crippen LogP contribution in [0.1, 0.15) is 23.6 Å². The molecule has 2 heterocycles. The molecule has 142 valence electrons. The van der Waals surface area contributed by atoms with Crippen LogP contribution in [0.2, 0.25) is 0 Å². The zero-order valence-electron chi connectivity index (χ0n) is 16.1. The fourth-order valence-electron chi connectivity index (χ4n) is 4.31. The molecule has 2 aliphatic rings. The van der Waals surface area contributed by atoms with E-state index in [0.717, 1.165) is 36.6 Å². The Bertz CT molecular complexity index is 851. The molecule has 0 radical (unpaired) electrons. The Hall–Kier alpha value is -2.53. The van der Waals surface area contributed by atoms with E-state index >= 15 is 0 Å². The summed E-state index contributed by atoms with van der Waals surface area (Å²) in [5.41, 5.74) is 3.75. The smallest absolute Gasteiger partial charge is 0.240 e. The molecule has 2 atom stereocenters. The third-order valence-corrected chi connectivity index (χ3v) is 5.85. The number of rotatable bonds is 4. The lowest BCUT2D eigenvalue weighted by Crippen LogP contribution is -2.61. The van der Waals surface area contributed by atoms with Gasteiger partial charge in [0, 0.05) is 37.3 Å². The molecule has 2 aromatic carbocycles. The third-order valence-electron chi connectivity index (χ3n) is 5.85. The number of hydrogen-bond acceptors (Lipinski definition) is 4. The average molecular weight is 366 g/mol. The summed E-state index contributed by atoms with van der Waals surface area (Å²) in [5, 5.41) is 0. The molecule has 4 rings (SSSR count). The molecule has 1 fully saturated rings. The van der Waals surface area contributed by atoms with Gasteiger partial charge >= 0.3 is 0 Å². The van der Waals surface area contributed by atoms with Gasteiger partial charge in [0.15, 0.2) is 0 Å². The van der Waals surface area contributed by atoms with Crippen LogP contribution in [-0.4, -0.2) is 48.6 Å². The third kappa shape index (κ3) is 3.28. The van der Waals surface area contributed by atoms with E-state index < -0.39 is 0 Å². The Balaban J connectivity index is 1.57. The maximum absolute atomic E-state index is 13.0. The van der Waals surface area contributed by atoms with E-state index in [1.165, 1.54) is 11.1 Å². The summed E-state index contributed by atoms with van der Waals surface area (Å²) in [7, 11) is 3.29. The molecule has 0 N–H and O–H groups in total. The van der Waals surface area contributed by atoms with Gasteiger partial charge in [0.05, 0.1) is 20.3 Å². The van der Waals surface area contributed by atoms with Crippen molar-refractivity contribution in [1.82, 2.24) is 9.80 Å². The summed E-state index contributed by atoms with van der Waals surface area (Å²) in [6.07, 6.45) is 0.990. The maximum Gasteiger partial charge on any atom is 0.240 e. The molecular weight excluding hydrogens is 340 g/mol. The Morgan fingerprint density at radius 3 is 2.59 bits per heavy atom. The molecular formula is C22H26N2O3. The molecule has 0 aromatic heterocycles. The Kier molecular flexibility index (Phi) is 4.79. The largest absolute Gasteiger partial charge is 0.497 e. The van der Waals surface area contributed by atoms with Gasteiger partial charge in [-0.25, -0.2) is 0 Å². The number of piperazine rings is 1.